The summed E-state index contributed by atoms with van der Waals surface area (Å²) in [5.41, 5.74) is 0.178. The highest BCUT2D eigenvalue weighted by atomic mass is 16.4. The molecule has 0 radical (unpaired) electrons. The van der Waals surface area contributed by atoms with E-state index in [1.807, 2.05) is 4.90 Å². The van der Waals surface area contributed by atoms with E-state index >= 15 is 0 Å². The summed E-state index contributed by atoms with van der Waals surface area (Å²) in [5.74, 6) is -0.269. The van der Waals surface area contributed by atoms with Crippen molar-refractivity contribution in [3.8, 4) is 0 Å². The van der Waals surface area contributed by atoms with Crippen molar-refractivity contribution in [1.82, 2.24) is 9.47 Å². The van der Waals surface area contributed by atoms with Gasteiger partial charge < -0.3 is 14.6 Å². The molecule has 108 valence electrons. The zero-order chi connectivity index (χ0) is 14.1. The summed E-state index contributed by atoms with van der Waals surface area (Å²) in [6, 6.07) is 3.59. The highest BCUT2D eigenvalue weighted by molar-refractivity contribution is 5.87. The number of fused-ring (bicyclic) bond motifs is 1. The van der Waals surface area contributed by atoms with E-state index in [9.17, 15) is 9.59 Å². The summed E-state index contributed by atoms with van der Waals surface area (Å²) in [4.78, 5) is 25.5. The summed E-state index contributed by atoms with van der Waals surface area (Å²) in [5, 5.41) is 9.07. The third kappa shape index (κ3) is 2.32. The third-order valence-corrected chi connectivity index (χ3v) is 4.68. The van der Waals surface area contributed by atoms with Gasteiger partial charge in [-0.2, -0.15) is 0 Å². The SMILES string of the molecule is O=C(O)c1cccn1CC(=O)N1CCC2CCCCC21. The summed E-state index contributed by atoms with van der Waals surface area (Å²) in [7, 11) is 0. The minimum Gasteiger partial charge on any atom is -0.477 e. The van der Waals surface area contributed by atoms with Crippen LogP contribution in [0.5, 0.6) is 0 Å². The Morgan fingerprint density at radius 2 is 2.05 bits per heavy atom. The number of carboxylic acid groups (broad SMARTS) is 1. The molecule has 2 atom stereocenters. The van der Waals surface area contributed by atoms with Crippen LogP contribution in [0.25, 0.3) is 0 Å². The molecule has 1 aliphatic heterocycles. The number of aromatic carboxylic acids is 1. The van der Waals surface area contributed by atoms with Gasteiger partial charge in [0.05, 0.1) is 0 Å². The highest BCUT2D eigenvalue weighted by Gasteiger charge is 2.38. The Morgan fingerprint density at radius 1 is 1.25 bits per heavy atom. The molecule has 0 spiro atoms. The van der Waals surface area contributed by atoms with Crippen LogP contribution in [0, 0.1) is 5.92 Å². The second-order valence-corrected chi connectivity index (χ2v) is 5.81. The van der Waals surface area contributed by atoms with E-state index in [4.69, 9.17) is 5.11 Å². The number of carbonyl (C=O) groups is 2. The number of amides is 1. The molecule has 1 saturated heterocycles. The lowest BCUT2D eigenvalue weighted by Gasteiger charge is -2.31. The number of rotatable bonds is 3. The van der Waals surface area contributed by atoms with Crippen molar-refractivity contribution < 1.29 is 14.7 Å². The van der Waals surface area contributed by atoms with E-state index in [2.05, 4.69) is 0 Å². The van der Waals surface area contributed by atoms with E-state index in [0.29, 0.717) is 12.0 Å². The maximum Gasteiger partial charge on any atom is 0.352 e. The zero-order valence-corrected chi connectivity index (χ0v) is 11.5. The molecular formula is C15H20N2O3. The van der Waals surface area contributed by atoms with Crippen LogP contribution in [0.1, 0.15) is 42.6 Å². The lowest BCUT2D eigenvalue weighted by molar-refractivity contribution is -0.133. The van der Waals surface area contributed by atoms with Gasteiger partial charge >= 0.3 is 5.97 Å². The molecule has 2 fully saturated rings. The van der Waals surface area contributed by atoms with Gasteiger partial charge in [0, 0.05) is 18.8 Å². The van der Waals surface area contributed by atoms with Gasteiger partial charge in [0.25, 0.3) is 0 Å². The largest absolute Gasteiger partial charge is 0.477 e. The lowest BCUT2D eigenvalue weighted by Crippen LogP contribution is -2.41. The van der Waals surface area contributed by atoms with Gasteiger partial charge in [-0.05, 0) is 37.3 Å². The molecule has 1 saturated carbocycles. The molecule has 5 nitrogen and oxygen atoms in total. The molecule has 1 aromatic heterocycles. The number of hydrogen-bond donors (Lipinski definition) is 1. The van der Waals surface area contributed by atoms with Crippen LogP contribution in [0.15, 0.2) is 18.3 Å². The Bertz CT molecular complexity index is 523. The molecule has 0 aromatic carbocycles. The molecule has 2 unspecified atom stereocenters. The van der Waals surface area contributed by atoms with Gasteiger partial charge in [-0.3, -0.25) is 4.79 Å². The van der Waals surface area contributed by atoms with Crippen LogP contribution in [0.4, 0.5) is 0 Å². The Kier molecular flexibility index (Phi) is 3.51. The first-order valence-electron chi connectivity index (χ1n) is 7.34. The topological polar surface area (TPSA) is 62.5 Å². The maximum atomic E-state index is 12.5. The predicted molar refractivity (Wildman–Crippen MR) is 73.5 cm³/mol. The van der Waals surface area contributed by atoms with Crippen LogP contribution < -0.4 is 0 Å². The predicted octanol–water partition coefficient (Wildman–Crippen LogP) is 1.98. The molecule has 1 aromatic rings. The maximum absolute atomic E-state index is 12.5. The van der Waals surface area contributed by atoms with E-state index < -0.39 is 5.97 Å². The smallest absolute Gasteiger partial charge is 0.352 e. The number of carbonyl (C=O) groups excluding carboxylic acids is 1. The fourth-order valence-corrected chi connectivity index (χ4v) is 3.70. The Labute approximate surface area is 118 Å². The third-order valence-electron chi connectivity index (χ3n) is 4.68. The molecule has 5 heteroatoms. The van der Waals surface area contributed by atoms with Crippen LogP contribution >= 0.6 is 0 Å². The number of likely N-dealkylation sites (tertiary alicyclic amines) is 1. The van der Waals surface area contributed by atoms with E-state index in [1.165, 1.54) is 29.9 Å². The van der Waals surface area contributed by atoms with E-state index in [1.54, 1.807) is 12.3 Å². The van der Waals surface area contributed by atoms with Crippen molar-refractivity contribution in [1.29, 1.82) is 0 Å². The fourth-order valence-electron chi connectivity index (χ4n) is 3.70. The van der Waals surface area contributed by atoms with Crippen LogP contribution in [-0.2, 0) is 11.3 Å². The van der Waals surface area contributed by atoms with Crippen molar-refractivity contribution in [2.45, 2.75) is 44.7 Å². The van der Waals surface area contributed by atoms with Crippen molar-refractivity contribution in [2.24, 2.45) is 5.92 Å². The fraction of sp³-hybridized carbons (Fsp3) is 0.600. The molecule has 1 aliphatic carbocycles. The molecular weight excluding hydrogens is 256 g/mol. The van der Waals surface area contributed by atoms with Gasteiger partial charge in [-0.15, -0.1) is 0 Å². The Hall–Kier alpha value is -1.78. The van der Waals surface area contributed by atoms with Gasteiger partial charge in [0.2, 0.25) is 5.91 Å². The lowest BCUT2D eigenvalue weighted by atomic mass is 9.85. The average Bonchev–Trinajstić information content (AvgIpc) is 3.04. The highest BCUT2D eigenvalue weighted by Crippen LogP contribution is 2.36. The van der Waals surface area contributed by atoms with Gasteiger partial charge in [-0.25, -0.2) is 4.79 Å². The van der Waals surface area contributed by atoms with Gasteiger partial charge in [0.1, 0.15) is 12.2 Å². The normalized spacial score (nSPS) is 25.5. The average molecular weight is 276 g/mol. The monoisotopic (exact) mass is 276 g/mol. The van der Waals surface area contributed by atoms with Crippen molar-refractivity contribution in [2.75, 3.05) is 6.54 Å². The second-order valence-electron chi connectivity index (χ2n) is 5.81. The molecule has 1 N–H and O–H groups in total. The number of carboxylic acids is 1. The number of aromatic nitrogens is 1. The van der Waals surface area contributed by atoms with Crippen LogP contribution in [-0.4, -0.2) is 39.0 Å². The first kappa shape index (κ1) is 13.2. The second kappa shape index (κ2) is 5.31. The molecule has 2 aliphatic rings. The van der Waals surface area contributed by atoms with E-state index in [-0.39, 0.29) is 18.1 Å². The minimum absolute atomic E-state index is 0.0538. The summed E-state index contributed by atoms with van der Waals surface area (Å²) < 4.78 is 1.53. The summed E-state index contributed by atoms with van der Waals surface area (Å²) >= 11 is 0. The van der Waals surface area contributed by atoms with Crippen molar-refractivity contribution in [3.05, 3.63) is 24.0 Å². The quantitative estimate of drug-likeness (QED) is 0.918. The standard InChI is InChI=1S/C15H20N2O3/c18-14(10-16-8-3-6-13(16)15(19)20)17-9-7-11-4-1-2-5-12(11)17/h3,6,8,11-12H,1-2,4-5,7,9-10H2,(H,19,20). The molecule has 20 heavy (non-hydrogen) atoms. The first-order valence-corrected chi connectivity index (χ1v) is 7.34. The van der Waals surface area contributed by atoms with Crippen LogP contribution in [0.2, 0.25) is 0 Å². The van der Waals surface area contributed by atoms with E-state index in [0.717, 1.165) is 19.4 Å². The zero-order valence-electron chi connectivity index (χ0n) is 11.5. The van der Waals surface area contributed by atoms with Crippen LogP contribution in [0.3, 0.4) is 0 Å². The van der Waals surface area contributed by atoms with Crippen molar-refractivity contribution in [3.63, 3.8) is 0 Å². The molecule has 0 bridgehead atoms. The molecule has 2 heterocycles. The number of hydrogen-bond acceptors (Lipinski definition) is 2. The summed E-state index contributed by atoms with van der Waals surface area (Å²) in [6.07, 6.45) is 7.59. The molecule has 1 amide bonds. The molecule has 3 rings (SSSR count). The Balaban J connectivity index is 1.70. The van der Waals surface area contributed by atoms with Gasteiger partial charge in [-0.1, -0.05) is 12.8 Å². The summed E-state index contributed by atoms with van der Waals surface area (Å²) in [6.45, 7) is 0.968. The number of nitrogens with zero attached hydrogens (tertiary/aromatic N) is 2. The first-order chi connectivity index (χ1) is 9.66. The Morgan fingerprint density at radius 3 is 2.85 bits per heavy atom. The van der Waals surface area contributed by atoms with Gasteiger partial charge in [0.15, 0.2) is 0 Å². The van der Waals surface area contributed by atoms with Crippen molar-refractivity contribution >= 4 is 11.9 Å². The minimum atomic E-state index is -0.986.